The highest BCUT2D eigenvalue weighted by Crippen LogP contribution is 2.38. The van der Waals surface area contributed by atoms with Crippen LogP contribution in [-0.4, -0.2) is 53.8 Å². The topological polar surface area (TPSA) is 79.8 Å². The summed E-state index contributed by atoms with van der Waals surface area (Å²) in [6, 6.07) is 28.8. The largest absolute Gasteiger partial charge is 0.378 e. The third kappa shape index (κ3) is 4.26. The molecule has 2 aliphatic heterocycles. The van der Waals surface area contributed by atoms with Crippen LogP contribution in [0.5, 0.6) is 0 Å². The van der Waals surface area contributed by atoms with Crippen LogP contribution in [0.2, 0.25) is 0 Å². The number of anilines is 1. The number of pyridine rings is 1. The monoisotopic (exact) mass is 553 g/mol. The second-order valence-corrected chi connectivity index (χ2v) is 10.5. The molecule has 42 heavy (non-hydrogen) atoms. The van der Waals surface area contributed by atoms with E-state index in [0.717, 1.165) is 27.3 Å². The molecule has 7 nitrogen and oxygen atoms in total. The van der Waals surface area contributed by atoms with Gasteiger partial charge in [-0.05, 0) is 52.7 Å². The van der Waals surface area contributed by atoms with E-state index in [-0.39, 0.29) is 23.3 Å². The van der Waals surface area contributed by atoms with Crippen LogP contribution in [0, 0.1) is 0 Å². The summed E-state index contributed by atoms with van der Waals surface area (Å²) < 4.78 is 5.49. The van der Waals surface area contributed by atoms with Gasteiger partial charge in [-0.1, -0.05) is 60.7 Å². The zero-order chi connectivity index (χ0) is 28.8. The van der Waals surface area contributed by atoms with E-state index < -0.39 is 0 Å². The predicted octanol–water partition coefficient (Wildman–Crippen LogP) is 6.12. The van der Waals surface area contributed by atoms with Crippen molar-refractivity contribution < 1.29 is 19.1 Å². The lowest BCUT2D eigenvalue weighted by molar-refractivity contribution is -0.116. The fourth-order valence-corrected chi connectivity index (χ4v) is 5.99. The number of hydrogen-bond donors (Lipinski definition) is 0. The van der Waals surface area contributed by atoms with Crippen LogP contribution in [0.1, 0.15) is 33.3 Å². The van der Waals surface area contributed by atoms with Crippen molar-refractivity contribution in [2.24, 2.45) is 0 Å². The maximum Gasteiger partial charge on any atom is 0.254 e. The number of Topliss-reactive ketones (excluding diaryl/α,β-unsaturated/α-hetero) is 1. The number of ketones is 1. The van der Waals surface area contributed by atoms with Crippen LogP contribution >= 0.6 is 0 Å². The first-order valence-electron chi connectivity index (χ1n) is 14.0. The van der Waals surface area contributed by atoms with Crippen LogP contribution in [0.25, 0.3) is 38.9 Å². The van der Waals surface area contributed by atoms with Gasteiger partial charge in [0.25, 0.3) is 5.91 Å². The molecule has 3 heterocycles. The Morgan fingerprint density at radius 1 is 0.810 bits per heavy atom. The number of aromatic nitrogens is 1. The maximum atomic E-state index is 13.9. The third-order valence-electron chi connectivity index (χ3n) is 7.94. The number of allylic oxidation sites excluding steroid dienone is 1. The zero-order valence-electron chi connectivity index (χ0n) is 23.0. The minimum absolute atomic E-state index is 0.0410. The fourth-order valence-electron chi connectivity index (χ4n) is 5.99. The molecule has 0 N–H and O–H groups in total. The Labute approximate surface area is 242 Å². The highest BCUT2D eigenvalue weighted by atomic mass is 16.5. The molecule has 4 aromatic carbocycles. The summed E-state index contributed by atoms with van der Waals surface area (Å²) in [6.07, 6.45) is 1.66. The molecule has 7 rings (SSSR count). The maximum absolute atomic E-state index is 13.9. The van der Waals surface area contributed by atoms with Crippen LogP contribution < -0.4 is 4.90 Å². The summed E-state index contributed by atoms with van der Waals surface area (Å²) in [7, 11) is 0. The highest BCUT2D eigenvalue weighted by molar-refractivity contribution is 6.26. The highest BCUT2D eigenvalue weighted by Gasteiger charge is 2.34. The molecule has 0 saturated carbocycles. The Kier molecular flexibility index (Phi) is 6.36. The molecule has 0 radical (unpaired) electrons. The molecule has 2 amide bonds. The molecule has 5 aromatic rings. The van der Waals surface area contributed by atoms with E-state index in [2.05, 4.69) is 18.2 Å². The summed E-state index contributed by atoms with van der Waals surface area (Å²) in [5.74, 6) is -0.504. The van der Waals surface area contributed by atoms with Gasteiger partial charge < -0.3 is 9.64 Å². The third-order valence-corrected chi connectivity index (χ3v) is 7.94. The number of carbonyl (C=O) groups excluding carboxylic acids is 3. The van der Waals surface area contributed by atoms with Gasteiger partial charge in [-0.15, -0.1) is 0 Å². The van der Waals surface area contributed by atoms with E-state index in [1.54, 1.807) is 24.3 Å². The van der Waals surface area contributed by atoms with Crippen molar-refractivity contribution in [1.82, 2.24) is 9.88 Å². The molecule has 206 valence electrons. The Morgan fingerprint density at radius 2 is 1.55 bits per heavy atom. The lowest BCUT2D eigenvalue weighted by Crippen LogP contribution is -2.40. The van der Waals surface area contributed by atoms with E-state index in [4.69, 9.17) is 9.72 Å². The van der Waals surface area contributed by atoms with Crippen LogP contribution in [0.3, 0.4) is 0 Å². The second kappa shape index (κ2) is 10.4. The zero-order valence-corrected chi connectivity index (χ0v) is 23.0. The van der Waals surface area contributed by atoms with Crippen molar-refractivity contribution in [2.45, 2.75) is 6.92 Å². The summed E-state index contributed by atoms with van der Waals surface area (Å²) in [4.78, 5) is 47.9. The van der Waals surface area contributed by atoms with Gasteiger partial charge in [0.15, 0.2) is 0 Å². The molecule has 1 aromatic heterocycles. The molecule has 0 spiro atoms. The first kappa shape index (κ1) is 25.8. The lowest BCUT2D eigenvalue weighted by Gasteiger charge is -2.28. The van der Waals surface area contributed by atoms with Crippen molar-refractivity contribution in [2.75, 3.05) is 31.2 Å². The van der Waals surface area contributed by atoms with Gasteiger partial charge in [-0.2, -0.15) is 0 Å². The Morgan fingerprint density at radius 3 is 2.38 bits per heavy atom. The van der Waals surface area contributed by atoms with Crippen molar-refractivity contribution in [1.29, 1.82) is 0 Å². The smallest absolute Gasteiger partial charge is 0.254 e. The quantitative estimate of drug-likeness (QED) is 0.252. The van der Waals surface area contributed by atoms with Gasteiger partial charge in [0.05, 0.1) is 35.8 Å². The summed E-state index contributed by atoms with van der Waals surface area (Å²) in [5.41, 5.74) is 4.94. The Balaban J connectivity index is 1.40. The SMILES string of the molecule is CC(=O)N1/C(=C/c2ccc3c(-c4cccc5ccccc45)c(C(=O)N4CCOCC4)ccc3n2)C(=O)c2ccccc21. The Bertz CT molecular complexity index is 1950. The van der Waals surface area contributed by atoms with Gasteiger partial charge in [-0.25, -0.2) is 4.98 Å². The van der Waals surface area contributed by atoms with Gasteiger partial charge in [0, 0.05) is 42.1 Å². The van der Waals surface area contributed by atoms with Crippen molar-refractivity contribution >= 4 is 51.0 Å². The van der Waals surface area contributed by atoms with Gasteiger partial charge >= 0.3 is 0 Å². The predicted molar refractivity (Wildman–Crippen MR) is 163 cm³/mol. The van der Waals surface area contributed by atoms with Crippen LogP contribution in [0.4, 0.5) is 5.69 Å². The number of nitrogens with zero attached hydrogens (tertiary/aromatic N) is 3. The number of fused-ring (bicyclic) bond motifs is 3. The lowest BCUT2D eigenvalue weighted by atomic mass is 9.90. The van der Waals surface area contributed by atoms with E-state index in [0.29, 0.717) is 54.3 Å². The summed E-state index contributed by atoms with van der Waals surface area (Å²) >= 11 is 0. The number of amides is 2. The van der Waals surface area contributed by atoms with E-state index in [1.165, 1.54) is 11.8 Å². The van der Waals surface area contributed by atoms with E-state index in [1.807, 2.05) is 59.5 Å². The minimum Gasteiger partial charge on any atom is -0.378 e. The minimum atomic E-state index is -0.246. The molecule has 0 aliphatic carbocycles. The van der Waals surface area contributed by atoms with Crippen LogP contribution in [0.15, 0.2) is 96.7 Å². The molecule has 0 unspecified atom stereocenters. The standard InChI is InChI=1S/C35H27N3O4/c1-22(39)38-31-12-5-4-10-28(31)34(40)32(38)21-24-13-14-27-30(36-24)16-15-29(35(41)37-17-19-42-20-18-37)33(27)26-11-6-8-23-7-2-3-9-25(23)26/h2-16,21H,17-20H2,1H3/b32-21+. The number of carbonyl (C=O) groups is 3. The number of rotatable bonds is 3. The number of benzene rings is 4. The molecular weight excluding hydrogens is 526 g/mol. The number of morpholine rings is 1. The van der Waals surface area contributed by atoms with Crippen molar-refractivity contribution in [3.05, 3.63) is 114 Å². The number of hydrogen-bond acceptors (Lipinski definition) is 5. The molecule has 7 heteroatoms. The molecule has 0 atom stereocenters. The van der Waals surface area contributed by atoms with Gasteiger partial charge in [-0.3, -0.25) is 19.3 Å². The molecule has 2 aliphatic rings. The fraction of sp³-hybridized carbons (Fsp3) is 0.143. The molecule has 0 bridgehead atoms. The first-order chi connectivity index (χ1) is 20.5. The van der Waals surface area contributed by atoms with Crippen molar-refractivity contribution in [3.8, 4) is 11.1 Å². The van der Waals surface area contributed by atoms with Gasteiger partial charge in [0.1, 0.15) is 0 Å². The number of para-hydroxylation sites is 1. The molecular formula is C35H27N3O4. The molecule has 1 saturated heterocycles. The summed E-state index contributed by atoms with van der Waals surface area (Å²) in [6.45, 7) is 3.56. The van der Waals surface area contributed by atoms with Gasteiger partial charge in [0.2, 0.25) is 11.7 Å². The second-order valence-electron chi connectivity index (χ2n) is 10.5. The summed E-state index contributed by atoms with van der Waals surface area (Å²) in [5, 5.41) is 2.95. The van der Waals surface area contributed by atoms with E-state index in [9.17, 15) is 14.4 Å². The van der Waals surface area contributed by atoms with Crippen molar-refractivity contribution in [3.63, 3.8) is 0 Å². The Hall–Kier alpha value is -5.14. The first-order valence-corrected chi connectivity index (χ1v) is 14.0. The average Bonchev–Trinajstić information content (AvgIpc) is 3.31. The van der Waals surface area contributed by atoms with E-state index >= 15 is 0 Å². The number of ether oxygens (including phenoxy) is 1. The average molecular weight is 554 g/mol. The van der Waals surface area contributed by atoms with Crippen LogP contribution in [-0.2, 0) is 9.53 Å². The molecule has 1 fully saturated rings. The normalized spacial score (nSPS) is 15.9.